The molecule has 142 valence electrons. The lowest BCUT2D eigenvalue weighted by Gasteiger charge is -2.57. The third-order valence-electron chi connectivity index (χ3n) is 7.32. The molecule has 5 rings (SSSR count). The monoisotopic (exact) mass is 357 g/mol. The van der Waals surface area contributed by atoms with Crippen molar-refractivity contribution >= 4 is 5.91 Å². The van der Waals surface area contributed by atoms with Crippen LogP contribution in [0.2, 0.25) is 0 Å². The van der Waals surface area contributed by atoms with Crippen molar-refractivity contribution in [2.24, 2.45) is 18.4 Å². The lowest BCUT2D eigenvalue weighted by atomic mass is 9.51. The number of likely N-dealkylation sites (tertiary alicyclic amines) is 1. The summed E-state index contributed by atoms with van der Waals surface area (Å²) in [5.74, 6) is 0.940. The SMILES string of the molecule is Cn1ccc(C(=O)NCC2CCC3(CN(CC4CC5(CCC5)C4)C3)O2)c1. The molecule has 4 aliphatic rings. The number of amides is 1. The highest BCUT2D eigenvalue weighted by Gasteiger charge is 2.52. The van der Waals surface area contributed by atoms with Crippen LogP contribution in [0.3, 0.4) is 0 Å². The Morgan fingerprint density at radius 3 is 2.77 bits per heavy atom. The summed E-state index contributed by atoms with van der Waals surface area (Å²) in [5.41, 5.74) is 1.60. The van der Waals surface area contributed by atoms with E-state index in [9.17, 15) is 4.79 Å². The molecule has 1 unspecified atom stereocenters. The Balaban J connectivity index is 1.03. The van der Waals surface area contributed by atoms with Gasteiger partial charge in [0.1, 0.15) is 0 Å². The average Bonchev–Trinajstić information content (AvgIpc) is 3.12. The molecule has 1 amide bonds. The number of aryl methyl sites for hydroxylation is 1. The van der Waals surface area contributed by atoms with Gasteiger partial charge in [-0.15, -0.1) is 0 Å². The van der Waals surface area contributed by atoms with Crippen molar-refractivity contribution in [2.75, 3.05) is 26.2 Å². The van der Waals surface area contributed by atoms with Crippen LogP contribution in [-0.4, -0.2) is 53.3 Å². The Morgan fingerprint density at radius 1 is 1.31 bits per heavy atom. The van der Waals surface area contributed by atoms with Gasteiger partial charge in [0.05, 0.1) is 17.3 Å². The quantitative estimate of drug-likeness (QED) is 0.881. The summed E-state index contributed by atoms with van der Waals surface area (Å²) in [7, 11) is 1.93. The Morgan fingerprint density at radius 2 is 2.12 bits per heavy atom. The molecular weight excluding hydrogens is 326 g/mol. The highest BCUT2D eigenvalue weighted by atomic mass is 16.5. The predicted molar refractivity (Wildman–Crippen MR) is 100 cm³/mol. The maximum atomic E-state index is 12.2. The minimum absolute atomic E-state index is 0.000271. The summed E-state index contributed by atoms with van der Waals surface area (Å²) in [6, 6.07) is 1.85. The van der Waals surface area contributed by atoms with Crippen molar-refractivity contribution in [1.82, 2.24) is 14.8 Å². The van der Waals surface area contributed by atoms with Crippen LogP contribution in [0.25, 0.3) is 0 Å². The van der Waals surface area contributed by atoms with E-state index >= 15 is 0 Å². The van der Waals surface area contributed by atoms with E-state index < -0.39 is 0 Å². The first-order valence-corrected chi connectivity index (χ1v) is 10.3. The molecule has 1 atom stereocenters. The van der Waals surface area contributed by atoms with E-state index in [2.05, 4.69) is 10.2 Å². The molecule has 2 aliphatic heterocycles. The van der Waals surface area contributed by atoms with Gasteiger partial charge in [0.15, 0.2) is 0 Å². The van der Waals surface area contributed by atoms with E-state index in [4.69, 9.17) is 4.74 Å². The number of rotatable bonds is 5. The van der Waals surface area contributed by atoms with Crippen LogP contribution in [0.4, 0.5) is 0 Å². The maximum Gasteiger partial charge on any atom is 0.252 e. The smallest absolute Gasteiger partial charge is 0.252 e. The third kappa shape index (κ3) is 2.99. The van der Waals surface area contributed by atoms with Crippen LogP contribution < -0.4 is 5.32 Å². The molecule has 4 fully saturated rings. The molecule has 5 heteroatoms. The van der Waals surface area contributed by atoms with Crippen LogP contribution in [0.5, 0.6) is 0 Å². The number of nitrogens with zero attached hydrogens (tertiary/aromatic N) is 2. The fraction of sp³-hybridized carbons (Fsp3) is 0.762. The molecule has 2 saturated carbocycles. The van der Waals surface area contributed by atoms with Crippen LogP contribution in [0.1, 0.15) is 55.3 Å². The van der Waals surface area contributed by atoms with Crippen LogP contribution in [0.15, 0.2) is 18.5 Å². The molecular formula is C21H31N3O2. The number of aromatic nitrogens is 1. The standard InChI is InChI=1S/C21H31N3O2/c1-23-8-4-17(13-23)19(25)22-11-18-3-7-21(26-18)14-24(15-21)12-16-9-20(10-16)5-2-6-20/h4,8,13,16,18H,2-3,5-7,9-12,14-15H2,1H3,(H,22,25). The average molecular weight is 357 g/mol. The second-order valence-electron chi connectivity index (χ2n) is 9.53. The number of ether oxygens (including phenoxy) is 1. The topological polar surface area (TPSA) is 46.5 Å². The van der Waals surface area contributed by atoms with Gasteiger partial charge in [-0.05, 0) is 55.9 Å². The Labute approximate surface area is 156 Å². The molecule has 2 saturated heterocycles. The van der Waals surface area contributed by atoms with Crippen molar-refractivity contribution in [3.8, 4) is 0 Å². The Kier molecular flexibility index (Phi) is 3.94. The summed E-state index contributed by atoms with van der Waals surface area (Å²) in [6.07, 6.45) is 13.5. The van der Waals surface area contributed by atoms with Gasteiger partial charge < -0.3 is 14.6 Å². The van der Waals surface area contributed by atoms with E-state index in [1.807, 2.05) is 30.1 Å². The summed E-state index contributed by atoms with van der Waals surface area (Å²) < 4.78 is 8.25. The summed E-state index contributed by atoms with van der Waals surface area (Å²) in [6.45, 7) is 4.10. The molecule has 2 aliphatic carbocycles. The number of nitrogens with one attached hydrogen (secondary N) is 1. The normalized spacial score (nSPS) is 29.3. The van der Waals surface area contributed by atoms with Crippen molar-refractivity contribution < 1.29 is 9.53 Å². The van der Waals surface area contributed by atoms with E-state index in [1.54, 1.807) is 0 Å². The van der Waals surface area contributed by atoms with Crippen molar-refractivity contribution in [3.63, 3.8) is 0 Å². The molecule has 0 bridgehead atoms. The largest absolute Gasteiger partial charge is 0.367 e. The number of hydrogen-bond donors (Lipinski definition) is 1. The van der Waals surface area contributed by atoms with E-state index in [-0.39, 0.29) is 17.6 Å². The van der Waals surface area contributed by atoms with Gasteiger partial charge in [0.25, 0.3) is 5.91 Å². The molecule has 1 aromatic rings. The minimum atomic E-state index is 0.000271. The Hall–Kier alpha value is -1.33. The van der Waals surface area contributed by atoms with Gasteiger partial charge in [0, 0.05) is 45.6 Å². The predicted octanol–water partition coefficient (Wildman–Crippen LogP) is 2.57. The van der Waals surface area contributed by atoms with Gasteiger partial charge in [-0.25, -0.2) is 0 Å². The van der Waals surface area contributed by atoms with Crippen molar-refractivity contribution in [2.45, 2.75) is 56.7 Å². The maximum absolute atomic E-state index is 12.2. The molecule has 26 heavy (non-hydrogen) atoms. The highest BCUT2D eigenvalue weighted by Crippen LogP contribution is 2.59. The lowest BCUT2D eigenvalue weighted by Crippen LogP contribution is -2.63. The fourth-order valence-electron chi connectivity index (χ4n) is 5.86. The molecule has 3 heterocycles. The minimum Gasteiger partial charge on any atom is -0.367 e. The number of carbonyl (C=O) groups is 1. The first-order valence-electron chi connectivity index (χ1n) is 10.3. The fourth-order valence-corrected chi connectivity index (χ4v) is 5.86. The van der Waals surface area contributed by atoms with E-state index in [0.29, 0.717) is 6.54 Å². The van der Waals surface area contributed by atoms with Gasteiger partial charge >= 0.3 is 0 Å². The summed E-state index contributed by atoms with van der Waals surface area (Å²) >= 11 is 0. The number of carbonyl (C=O) groups excluding carboxylic acids is 1. The number of hydrogen-bond acceptors (Lipinski definition) is 3. The first kappa shape index (κ1) is 16.8. The molecule has 1 aromatic heterocycles. The zero-order valence-corrected chi connectivity index (χ0v) is 15.9. The van der Waals surface area contributed by atoms with Gasteiger partial charge in [-0.2, -0.15) is 0 Å². The second-order valence-corrected chi connectivity index (χ2v) is 9.53. The highest BCUT2D eigenvalue weighted by molar-refractivity contribution is 5.94. The van der Waals surface area contributed by atoms with Crippen LogP contribution >= 0.6 is 0 Å². The zero-order chi connectivity index (χ0) is 17.8. The van der Waals surface area contributed by atoms with Gasteiger partial charge in [0.2, 0.25) is 0 Å². The molecule has 2 spiro atoms. The first-order chi connectivity index (χ1) is 12.5. The second kappa shape index (κ2) is 6.10. The van der Waals surface area contributed by atoms with Crippen molar-refractivity contribution in [3.05, 3.63) is 24.0 Å². The lowest BCUT2D eigenvalue weighted by molar-refractivity contribution is -0.147. The van der Waals surface area contributed by atoms with Crippen LogP contribution in [0, 0.1) is 11.3 Å². The molecule has 5 nitrogen and oxygen atoms in total. The van der Waals surface area contributed by atoms with E-state index in [0.717, 1.165) is 42.8 Å². The summed E-state index contributed by atoms with van der Waals surface area (Å²) in [5, 5.41) is 3.03. The van der Waals surface area contributed by atoms with Gasteiger partial charge in [-0.3, -0.25) is 9.69 Å². The zero-order valence-electron chi connectivity index (χ0n) is 15.9. The third-order valence-corrected chi connectivity index (χ3v) is 7.32. The van der Waals surface area contributed by atoms with Crippen LogP contribution in [-0.2, 0) is 11.8 Å². The molecule has 1 N–H and O–H groups in total. The molecule has 0 aromatic carbocycles. The molecule has 0 radical (unpaired) electrons. The van der Waals surface area contributed by atoms with Gasteiger partial charge in [-0.1, -0.05) is 6.42 Å². The van der Waals surface area contributed by atoms with E-state index in [1.165, 1.54) is 38.6 Å². The Bertz CT molecular complexity index is 679. The van der Waals surface area contributed by atoms with Crippen molar-refractivity contribution in [1.29, 1.82) is 0 Å². The summed E-state index contributed by atoms with van der Waals surface area (Å²) in [4.78, 5) is 14.8.